The summed E-state index contributed by atoms with van der Waals surface area (Å²) in [5.41, 5.74) is 1.43. The van der Waals surface area contributed by atoms with E-state index in [1.54, 1.807) is 13.2 Å². The average Bonchev–Trinajstić information content (AvgIpc) is 2.25. The molecule has 0 bridgehead atoms. The van der Waals surface area contributed by atoms with Crippen molar-refractivity contribution in [3.05, 3.63) is 23.3 Å². The van der Waals surface area contributed by atoms with Gasteiger partial charge in [-0.25, -0.2) is 0 Å². The van der Waals surface area contributed by atoms with E-state index in [9.17, 15) is 5.26 Å². The van der Waals surface area contributed by atoms with E-state index >= 15 is 0 Å². The summed E-state index contributed by atoms with van der Waals surface area (Å²) in [6.07, 6.45) is 0. The van der Waals surface area contributed by atoms with Gasteiger partial charge in [-0.2, -0.15) is 5.26 Å². The number of nitriles is 1. The number of ether oxygens (including phenoxy) is 1. The van der Waals surface area contributed by atoms with Crippen LogP contribution in [0.2, 0.25) is 13.1 Å². The second-order valence-corrected chi connectivity index (χ2v) is 7.88. The second-order valence-electron chi connectivity index (χ2n) is 5.55. The molecule has 0 aliphatic rings. The average molecular weight is 263 g/mol. The first-order chi connectivity index (χ1) is 8.31. The zero-order valence-corrected chi connectivity index (χ0v) is 13.2. The van der Waals surface area contributed by atoms with Gasteiger partial charge in [-0.05, 0) is 30.6 Å². The van der Waals surface area contributed by atoms with Crippen LogP contribution < -0.4 is 9.16 Å². The summed E-state index contributed by atoms with van der Waals surface area (Å²) in [6, 6.07) is 5.81. The molecule has 0 heterocycles. The van der Waals surface area contributed by atoms with Crippen molar-refractivity contribution in [2.24, 2.45) is 0 Å². The summed E-state index contributed by atoms with van der Waals surface area (Å²) in [7, 11) is 0.369. The lowest BCUT2D eigenvalue weighted by molar-refractivity contribution is 0.391. The van der Waals surface area contributed by atoms with Crippen LogP contribution in [0.15, 0.2) is 12.1 Å². The fourth-order valence-electron chi connectivity index (χ4n) is 1.89. The van der Waals surface area contributed by atoms with E-state index in [2.05, 4.69) is 39.9 Å². The van der Waals surface area contributed by atoms with Crippen LogP contribution in [-0.2, 0) is 5.41 Å². The van der Waals surface area contributed by atoms with Crippen LogP contribution in [0.1, 0.15) is 31.9 Å². The normalized spacial score (nSPS) is 11.2. The highest BCUT2D eigenvalue weighted by Gasteiger charge is 2.26. The summed E-state index contributed by atoms with van der Waals surface area (Å²) in [6.45, 7) is 10.5. The molecule has 3 nitrogen and oxygen atoms in total. The first-order valence-electron chi connectivity index (χ1n) is 6.09. The van der Waals surface area contributed by atoms with Crippen molar-refractivity contribution in [2.75, 3.05) is 7.11 Å². The smallest absolute Gasteiger partial charge is 0.229 e. The van der Waals surface area contributed by atoms with E-state index in [4.69, 9.17) is 9.16 Å². The molecule has 98 valence electrons. The van der Waals surface area contributed by atoms with Crippen LogP contribution in [-0.4, -0.2) is 16.2 Å². The summed E-state index contributed by atoms with van der Waals surface area (Å²) in [5, 5.41) is 9.23. The van der Waals surface area contributed by atoms with Crippen LogP contribution in [0.25, 0.3) is 0 Å². The zero-order chi connectivity index (χ0) is 13.9. The Labute approximate surface area is 111 Å². The summed E-state index contributed by atoms with van der Waals surface area (Å²) in [4.78, 5) is 0. The van der Waals surface area contributed by atoms with Gasteiger partial charge in [0.1, 0.15) is 17.6 Å². The van der Waals surface area contributed by atoms with Gasteiger partial charge in [0.25, 0.3) is 0 Å². The third-order valence-corrected chi connectivity index (χ3v) is 3.27. The Bertz CT molecular complexity index is 470. The molecule has 0 aliphatic carbocycles. The molecule has 0 radical (unpaired) electrons. The molecule has 0 aromatic heterocycles. The number of methoxy groups -OCH3 is 1. The van der Waals surface area contributed by atoms with Crippen LogP contribution in [0.5, 0.6) is 11.5 Å². The van der Waals surface area contributed by atoms with Crippen molar-refractivity contribution in [1.29, 1.82) is 5.26 Å². The lowest BCUT2D eigenvalue weighted by Crippen LogP contribution is -2.20. The minimum atomic E-state index is -1.28. The Balaban J connectivity index is 3.55. The third-order valence-electron chi connectivity index (χ3n) is 2.56. The van der Waals surface area contributed by atoms with Crippen LogP contribution in [0.4, 0.5) is 0 Å². The van der Waals surface area contributed by atoms with Gasteiger partial charge in [0.15, 0.2) is 0 Å². The van der Waals surface area contributed by atoms with Gasteiger partial charge in [0, 0.05) is 5.56 Å². The van der Waals surface area contributed by atoms with E-state index in [1.165, 1.54) is 0 Å². The Morgan fingerprint density at radius 1 is 1.22 bits per heavy atom. The molecular weight excluding hydrogens is 242 g/mol. The molecule has 1 aromatic carbocycles. The Morgan fingerprint density at radius 2 is 1.83 bits per heavy atom. The minimum absolute atomic E-state index is 0.128. The summed E-state index contributed by atoms with van der Waals surface area (Å²) < 4.78 is 11.4. The zero-order valence-electron chi connectivity index (χ0n) is 12.0. The van der Waals surface area contributed by atoms with Gasteiger partial charge in [0.05, 0.1) is 12.7 Å². The van der Waals surface area contributed by atoms with E-state index in [0.717, 1.165) is 11.3 Å². The molecule has 0 fully saturated rings. The highest BCUT2D eigenvalue weighted by atomic mass is 28.3. The van der Waals surface area contributed by atoms with Crippen molar-refractivity contribution in [3.8, 4) is 17.6 Å². The van der Waals surface area contributed by atoms with Gasteiger partial charge in [-0.3, -0.25) is 0 Å². The van der Waals surface area contributed by atoms with Crippen LogP contribution in [0, 0.1) is 11.3 Å². The Morgan fingerprint density at radius 3 is 2.22 bits per heavy atom. The quantitative estimate of drug-likeness (QED) is 0.786. The maximum atomic E-state index is 9.23. The number of rotatable bonds is 3. The van der Waals surface area contributed by atoms with Gasteiger partial charge in [-0.15, -0.1) is 0 Å². The van der Waals surface area contributed by atoms with E-state index in [-0.39, 0.29) is 5.41 Å². The SMILES string of the molecule is COc1ccc(C#N)c(O[SiH](C)C)c1C(C)(C)C. The van der Waals surface area contributed by atoms with Gasteiger partial charge in [0.2, 0.25) is 9.04 Å². The number of hydrogen-bond donors (Lipinski definition) is 0. The maximum absolute atomic E-state index is 9.23. The molecule has 0 saturated carbocycles. The van der Waals surface area contributed by atoms with Crippen molar-refractivity contribution in [2.45, 2.75) is 39.3 Å². The number of benzene rings is 1. The Kier molecular flexibility index (Phi) is 4.41. The van der Waals surface area contributed by atoms with E-state index in [0.29, 0.717) is 11.3 Å². The first-order valence-corrected chi connectivity index (χ1v) is 8.87. The molecule has 1 rings (SSSR count). The van der Waals surface area contributed by atoms with E-state index in [1.807, 2.05) is 6.07 Å². The third kappa shape index (κ3) is 3.05. The fraction of sp³-hybridized carbons (Fsp3) is 0.500. The monoisotopic (exact) mass is 263 g/mol. The standard InChI is InChI=1S/C14H21NO2Si/c1-14(2,3)12-11(16-4)8-7-10(9-15)13(12)17-18(5)6/h7-8,18H,1-6H3. The lowest BCUT2D eigenvalue weighted by atomic mass is 9.84. The second kappa shape index (κ2) is 5.45. The molecule has 0 saturated heterocycles. The molecule has 4 heteroatoms. The molecule has 0 spiro atoms. The lowest BCUT2D eigenvalue weighted by Gasteiger charge is -2.27. The van der Waals surface area contributed by atoms with Gasteiger partial charge >= 0.3 is 0 Å². The molecule has 1 aromatic rings. The predicted octanol–water partition coefficient (Wildman–Crippen LogP) is 3.23. The van der Waals surface area contributed by atoms with E-state index < -0.39 is 9.04 Å². The maximum Gasteiger partial charge on any atom is 0.229 e. The first kappa shape index (κ1) is 14.6. The van der Waals surface area contributed by atoms with Gasteiger partial charge < -0.3 is 9.16 Å². The van der Waals surface area contributed by atoms with Crippen LogP contribution >= 0.6 is 0 Å². The molecule has 0 unspecified atom stereocenters. The fourth-order valence-corrected chi connectivity index (χ4v) is 2.61. The largest absolute Gasteiger partial charge is 0.546 e. The van der Waals surface area contributed by atoms with Crippen molar-refractivity contribution < 1.29 is 9.16 Å². The molecule has 0 atom stereocenters. The molecule has 18 heavy (non-hydrogen) atoms. The highest BCUT2D eigenvalue weighted by Crippen LogP contribution is 2.41. The number of hydrogen-bond acceptors (Lipinski definition) is 3. The topological polar surface area (TPSA) is 42.2 Å². The van der Waals surface area contributed by atoms with Crippen molar-refractivity contribution >= 4 is 9.04 Å². The predicted molar refractivity (Wildman–Crippen MR) is 75.9 cm³/mol. The van der Waals surface area contributed by atoms with Crippen LogP contribution in [0.3, 0.4) is 0 Å². The molecule has 0 N–H and O–H groups in total. The molecular formula is C14H21NO2Si. The van der Waals surface area contributed by atoms with Gasteiger partial charge in [-0.1, -0.05) is 20.8 Å². The highest BCUT2D eigenvalue weighted by molar-refractivity contribution is 6.49. The minimum Gasteiger partial charge on any atom is -0.546 e. The summed E-state index contributed by atoms with van der Waals surface area (Å²) >= 11 is 0. The number of nitrogens with zero attached hydrogens (tertiary/aromatic N) is 1. The molecule has 0 amide bonds. The van der Waals surface area contributed by atoms with Crippen molar-refractivity contribution in [3.63, 3.8) is 0 Å². The Hall–Kier alpha value is -1.47. The molecule has 0 aliphatic heterocycles. The van der Waals surface area contributed by atoms with Crippen molar-refractivity contribution in [1.82, 2.24) is 0 Å². The summed E-state index contributed by atoms with van der Waals surface area (Å²) in [5.74, 6) is 1.48.